The molecule has 0 aliphatic carbocycles. The minimum absolute atomic E-state index is 0.0198. The van der Waals surface area contributed by atoms with Crippen LogP contribution in [0.4, 0.5) is 0 Å². The van der Waals surface area contributed by atoms with E-state index in [0.29, 0.717) is 16.7 Å². The van der Waals surface area contributed by atoms with Gasteiger partial charge in [-0.25, -0.2) is 15.4 Å². The van der Waals surface area contributed by atoms with E-state index in [1.807, 2.05) is 23.6 Å². The van der Waals surface area contributed by atoms with Crippen LogP contribution >= 0.6 is 23.1 Å². The molecule has 3 aromatic heterocycles. The van der Waals surface area contributed by atoms with E-state index in [4.69, 9.17) is 9.73 Å². The summed E-state index contributed by atoms with van der Waals surface area (Å²) >= 11 is 2.98. The number of nitrogens with zero attached hydrogens (tertiary/aromatic N) is 3. The number of hydrogen-bond acceptors (Lipinski definition) is 8. The van der Waals surface area contributed by atoms with E-state index in [-0.39, 0.29) is 5.69 Å². The molecule has 0 fully saturated rings. The number of aromatic nitrogens is 3. The second-order valence-electron chi connectivity index (χ2n) is 4.11. The molecule has 0 saturated heterocycles. The summed E-state index contributed by atoms with van der Waals surface area (Å²) in [4.78, 5) is 20.9. The summed E-state index contributed by atoms with van der Waals surface area (Å²) in [5.74, 6) is 0.212. The van der Waals surface area contributed by atoms with Crippen molar-refractivity contribution in [1.29, 1.82) is 0 Å². The second-order valence-corrected chi connectivity index (χ2v) is 6.00. The van der Waals surface area contributed by atoms with Crippen LogP contribution in [0.1, 0.15) is 16.2 Å². The third-order valence-electron chi connectivity index (χ3n) is 2.64. The van der Waals surface area contributed by atoms with Gasteiger partial charge < -0.3 is 4.52 Å². The summed E-state index contributed by atoms with van der Waals surface area (Å²) in [5, 5.41) is 14.7. The van der Waals surface area contributed by atoms with Gasteiger partial charge in [0.05, 0.1) is 16.3 Å². The highest BCUT2D eigenvalue weighted by atomic mass is 32.2. The minimum atomic E-state index is -0.712. The molecular formula is C13H10N4O3S2. The molecule has 2 N–H and O–H groups in total. The Kier molecular flexibility index (Phi) is 4.47. The Morgan fingerprint density at radius 3 is 3.14 bits per heavy atom. The van der Waals surface area contributed by atoms with E-state index in [0.717, 1.165) is 10.6 Å². The maximum Gasteiger partial charge on any atom is 0.296 e. The fraction of sp³-hybridized carbons (Fsp3) is 0.0769. The van der Waals surface area contributed by atoms with Crippen molar-refractivity contribution in [2.75, 3.05) is 0 Å². The quantitative estimate of drug-likeness (QED) is 0.320. The van der Waals surface area contributed by atoms with Crippen molar-refractivity contribution < 1.29 is 14.5 Å². The molecule has 0 bridgehead atoms. The van der Waals surface area contributed by atoms with Gasteiger partial charge >= 0.3 is 0 Å². The monoisotopic (exact) mass is 334 g/mol. The number of thioether (sulfide) groups is 1. The van der Waals surface area contributed by atoms with E-state index in [1.165, 1.54) is 23.3 Å². The first kappa shape index (κ1) is 14.7. The molecule has 3 rings (SSSR count). The Hall–Kier alpha value is -2.23. The Bertz CT molecular complexity index is 773. The molecular weight excluding hydrogens is 324 g/mol. The SMILES string of the molecule is O=C(NO)c1cc(CSc2nccc(-c3cccs3)n2)on1. The van der Waals surface area contributed by atoms with Crippen LogP contribution in [-0.2, 0) is 5.75 Å². The lowest BCUT2D eigenvalue weighted by atomic mass is 10.3. The summed E-state index contributed by atoms with van der Waals surface area (Å²) in [6.07, 6.45) is 1.70. The molecule has 0 unspecified atom stereocenters. The van der Waals surface area contributed by atoms with Gasteiger partial charge in [-0.1, -0.05) is 23.0 Å². The van der Waals surface area contributed by atoms with Crippen LogP contribution in [0.3, 0.4) is 0 Å². The molecule has 0 atom stereocenters. The van der Waals surface area contributed by atoms with Gasteiger partial charge in [-0.15, -0.1) is 11.3 Å². The number of hydrogen-bond donors (Lipinski definition) is 2. The molecule has 22 heavy (non-hydrogen) atoms. The van der Waals surface area contributed by atoms with Crippen molar-refractivity contribution in [2.24, 2.45) is 0 Å². The normalized spacial score (nSPS) is 10.6. The van der Waals surface area contributed by atoms with Crippen molar-refractivity contribution in [3.05, 3.63) is 47.3 Å². The molecule has 7 nitrogen and oxygen atoms in total. The van der Waals surface area contributed by atoms with Crippen LogP contribution in [0.25, 0.3) is 10.6 Å². The van der Waals surface area contributed by atoms with E-state index in [2.05, 4.69) is 15.1 Å². The van der Waals surface area contributed by atoms with Gasteiger partial charge in [0.1, 0.15) is 5.76 Å². The zero-order valence-corrected chi connectivity index (χ0v) is 12.7. The third kappa shape index (κ3) is 3.32. The minimum Gasteiger partial charge on any atom is -0.360 e. The number of carbonyl (C=O) groups excluding carboxylic acids is 1. The van der Waals surface area contributed by atoms with Gasteiger partial charge in [-0.05, 0) is 17.5 Å². The van der Waals surface area contributed by atoms with Crippen LogP contribution < -0.4 is 5.48 Å². The van der Waals surface area contributed by atoms with Crippen LogP contribution in [0, 0.1) is 0 Å². The van der Waals surface area contributed by atoms with Gasteiger partial charge in [-0.2, -0.15) is 0 Å². The molecule has 0 saturated carbocycles. The smallest absolute Gasteiger partial charge is 0.296 e. The molecule has 0 radical (unpaired) electrons. The van der Waals surface area contributed by atoms with Crippen LogP contribution in [-0.4, -0.2) is 26.2 Å². The summed E-state index contributed by atoms with van der Waals surface area (Å²) in [6, 6.07) is 7.28. The maximum atomic E-state index is 11.2. The summed E-state index contributed by atoms with van der Waals surface area (Å²) in [7, 11) is 0. The summed E-state index contributed by atoms with van der Waals surface area (Å²) in [6.45, 7) is 0. The topological polar surface area (TPSA) is 101 Å². The second kappa shape index (κ2) is 6.69. The van der Waals surface area contributed by atoms with Crippen molar-refractivity contribution in [3.63, 3.8) is 0 Å². The number of hydroxylamine groups is 1. The van der Waals surface area contributed by atoms with Gasteiger partial charge in [-0.3, -0.25) is 10.0 Å². The van der Waals surface area contributed by atoms with Crippen LogP contribution in [0.5, 0.6) is 0 Å². The van der Waals surface area contributed by atoms with Gasteiger partial charge in [0, 0.05) is 12.3 Å². The summed E-state index contributed by atoms with van der Waals surface area (Å²) < 4.78 is 5.02. The average Bonchev–Trinajstić information content (AvgIpc) is 3.24. The van der Waals surface area contributed by atoms with Gasteiger partial charge in [0.15, 0.2) is 10.9 Å². The van der Waals surface area contributed by atoms with E-state index >= 15 is 0 Å². The molecule has 0 aliphatic heterocycles. The molecule has 112 valence electrons. The lowest BCUT2D eigenvalue weighted by molar-refractivity contribution is 0.0696. The Labute approximate surface area is 133 Å². The molecule has 0 aliphatic rings. The predicted octanol–water partition coefficient (Wildman–Crippen LogP) is 2.60. The Morgan fingerprint density at radius 1 is 1.45 bits per heavy atom. The molecule has 0 aromatic carbocycles. The van der Waals surface area contributed by atoms with E-state index in [9.17, 15) is 4.79 Å². The standard InChI is InChI=1S/C13H10N4O3S2/c18-12(16-19)10-6-8(20-17-10)7-22-13-14-4-3-9(15-13)11-2-1-5-21-11/h1-6,19H,7H2,(H,16,18). The highest BCUT2D eigenvalue weighted by molar-refractivity contribution is 7.98. The zero-order valence-electron chi connectivity index (χ0n) is 11.1. The number of thiophene rings is 1. The lowest BCUT2D eigenvalue weighted by Crippen LogP contribution is -2.18. The number of amides is 1. The molecule has 3 heterocycles. The van der Waals surface area contributed by atoms with Gasteiger partial charge in [0.25, 0.3) is 5.91 Å². The van der Waals surface area contributed by atoms with Crippen molar-refractivity contribution in [2.45, 2.75) is 10.9 Å². The molecule has 1 amide bonds. The van der Waals surface area contributed by atoms with E-state index in [1.54, 1.807) is 17.5 Å². The van der Waals surface area contributed by atoms with Crippen molar-refractivity contribution in [1.82, 2.24) is 20.6 Å². The van der Waals surface area contributed by atoms with Crippen molar-refractivity contribution in [3.8, 4) is 10.6 Å². The van der Waals surface area contributed by atoms with Crippen molar-refractivity contribution >= 4 is 29.0 Å². The number of rotatable bonds is 5. The van der Waals surface area contributed by atoms with E-state index < -0.39 is 5.91 Å². The predicted molar refractivity (Wildman–Crippen MR) is 80.7 cm³/mol. The van der Waals surface area contributed by atoms with Crippen LogP contribution in [0.2, 0.25) is 0 Å². The molecule has 9 heteroatoms. The maximum absolute atomic E-state index is 11.2. The first-order valence-electron chi connectivity index (χ1n) is 6.16. The lowest BCUT2D eigenvalue weighted by Gasteiger charge is -2.00. The van der Waals surface area contributed by atoms with Gasteiger partial charge in [0.2, 0.25) is 0 Å². The first-order valence-corrected chi connectivity index (χ1v) is 8.02. The highest BCUT2D eigenvalue weighted by Gasteiger charge is 2.12. The third-order valence-corrected chi connectivity index (χ3v) is 4.42. The van der Waals surface area contributed by atoms with Crippen LogP contribution in [0.15, 0.2) is 45.5 Å². The largest absolute Gasteiger partial charge is 0.360 e. The fourth-order valence-electron chi connectivity index (χ4n) is 1.65. The number of carbonyl (C=O) groups is 1. The Balaban J connectivity index is 1.68. The Morgan fingerprint density at radius 2 is 2.36 bits per heavy atom. The fourth-order valence-corrected chi connectivity index (χ4v) is 3.05. The zero-order chi connectivity index (χ0) is 15.4. The molecule has 0 spiro atoms. The average molecular weight is 334 g/mol. The highest BCUT2D eigenvalue weighted by Crippen LogP contribution is 2.25. The number of nitrogens with one attached hydrogen (secondary N) is 1. The summed E-state index contributed by atoms with van der Waals surface area (Å²) in [5.41, 5.74) is 2.39. The molecule has 3 aromatic rings. The first-order chi connectivity index (χ1) is 10.8.